The van der Waals surface area contributed by atoms with E-state index in [4.69, 9.17) is 0 Å². The molecule has 2 N–H and O–H groups in total. The number of hydrogen-bond donors (Lipinski definition) is 2. The van der Waals surface area contributed by atoms with E-state index in [9.17, 15) is 0 Å². The maximum absolute atomic E-state index is 4.49. The van der Waals surface area contributed by atoms with Crippen molar-refractivity contribution in [3.8, 4) is 0 Å². The summed E-state index contributed by atoms with van der Waals surface area (Å²) in [7, 11) is 1.95. The molecule has 7 nitrogen and oxygen atoms in total. The van der Waals surface area contributed by atoms with Crippen molar-refractivity contribution in [2.45, 2.75) is 6.54 Å². The number of rotatable bonds is 5. The average molecular weight is 341 g/mol. The number of fused-ring (bicyclic) bond motifs is 1. The fourth-order valence-corrected chi connectivity index (χ4v) is 3.73. The first kappa shape index (κ1) is 15.2. The minimum atomic E-state index is 0.869. The van der Waals surface area contributed by atoms with Crippen molar-refractivity contribution in [1.82, 2.24) is 30.0 Å². The van der Waals surface area contributed by atoms with Crippen molar-refractivity contribution in [1.29, 1.82) is 0 Å². The highest BCUT2D eigenvalue weighted by Gasteiger charge is 2.18. The zero-order valence-electron chi connectivity index (χ0n) is 13.4. The lowest BCUT2D eigenvalue weighted by Gasteiger charge is -2.25. The number of aromatic nitrogens is 5. The third-order valence-corrected chi connectivity index (χ3v) is 5.02. The number of thioether (sulfide) groups is 1. The van der Waals surface area contributed by atoms with E-state index < -0.39 is 0 Å². The van der Waals surface area contributed by atoms with Gasteiger partial charge in [-0.15, -0.1) is 11.8 Å². The Labute approximate surface area is 144 Å². The van der Waals surface area contributed by atoms with Crippen LogP contribution in [0, 0.1) is 0 Å². The minimum Gasteiger partial charge on any atom is -0.346 e. The molecule has 3 aromatic heterocycles. The van der Waals surface area contributed by atoms with Gasteiger partial charge in [-0.05, 0) is 13.1 Å². The molecule has 0 aromatic carbocycles. The maximum atomic E-state index is 4.49. The summed E-state index contributed by atoms with van der Waals surface area (Å²) in [5.41, 5.74) is 2.02. The van der Waals surface area contributed by atoms with Gasteiger partial charge in [-0.1, -0.05) is 0 Å². The predicted molar refractivity (Wildman–Crippen MR) is 97.8 cm³/mol. The van der Waals surface area contributed by atoms with Crippen LogP contribution < -0.4 is 10.2 Å². The van der Waals surface area contributed by atoms with Crippen molar-refractivity contribution < 1.29 is 0 Å². The van der Waals surface area contributed by atoms with E-state index in [1.165, 1.54) is 4.91 Å². The van der Waals surface area contributed by atoms with E-state index in [1.807, 2.05) is 42.0 Å². The van der Waals surface area contributed by atoms with Crippen molar-refractivity contribution >= 4 is 33.5 Å². The molecule has 3 aromatic rings. The highest BCUT2D eigenvalue weighted by atomic mass is 32.2. The van der Waals surface area contributed by atoms with Crippen LogP contribution in [0.1, 0.15) is 5.56 Å². The molecular weight excluding hydrogens is 322 g/mol. The van der Waals surface area contributed by atoms with Crippen molar-refractivity contribution in [2.24, 2.45) is 0 Å². The maximum Gasteiger partial charge on any atom is 0.145 e. The van der Waals surface area contributed by atoms with Crippen LogP contribution in [0.2, 0.25) is 0 Å². The van der Waals surface area contributed by atoms with Gasteiger partial charge in [-0.3, -0.25) is 4.68 Å². The topological polar surface area (TPSA) is 74.7 Å². The smallest absolute Gasteiger partial charge is 0.145 e. The molecular formula is C16H19N7S. The molecule has 4 rings (SSSR count). The van der Waals surface area contributed by atoms with Gasteiger partial charge in [-0.25, -0.2) is 9.97 Å². The first-order chi connectivity index (χ1) is 11.8. The summed E-state index contributed by atoms with van der Waals surface area (Å²) >= 11 is 1.86. The first-order valence-electron chi connectivity index (χ1n) is 7.92. The standard InChI is InChI=1S/C16H19N7S/c1-17-4-5-23-9-12(8-21-23)14-10-22(6-7-24-14)16-13-2-3-18-15(13)19-11-20-16/h2-3,8-11,17H,4-7H2,1H3,(H,18,19,20). The molecule has 0 amide bonds. The fraction of sp³-hybridized carbons (Fsp3) is 0.312. The first-order valence-corrected chi connectivity index (χ1v) is 8.90. The van der Waals surface area contributed by atoms with Crippen LogP contribution in [0.5, 0.6) is 0 Å². The monoisotopic (exact) mass is 341 g/mol. The van der Waals surface area contributed by atoms with Crippen LogP contribution in [-0.4, -0.2) is 50.6 Å². The lowest BCUT2D eigenvalue weighted by atomic mass is 10.3. The molecule has 0 bridgehead atoms. The Bertz CT molecular complexity index is 866. The van der Waals surface area contributed by atoms with Gasteiger partial charge in [0.2, 0.25) is 0 Å². The molecule has 1 aliphatic heterocycles. The van der Waals surface area contributed by atoms with E-state index in [0.717, 1.165) is 47.8 Å². The second-order valence-electron chi connectivity index (χ2n) is 5.57. The summed E-state index contributed by atoms with van der Waals surface area (Å²) < 4.78 is 1.97. The summed E-state index contributed by atoms with van der Waals surface area (Å²) in [5, 5.41) is 8.63. The van der Waals surface area contributed by atoms with Gasteiger partial charge in [0.1, 0.15) is 17.8 Å². The van der Waals surface area contributed by atoms with E-state index in [0.29, 0.717) is 0 Å². The SMILES string of the molecule is CNCCn1cc(C2=CN(c3ncnc4[nH]ccc34)CCS2)cn1. The zero-order valence-corrected chi connectivity index (χ0v) is 14.3. The summed E-state index contributed by atoms with van der Waals surface area (Å²) in [4.78, 5) is 15.3. The van der Waals surface area contributed by atoms with E-state index in [2.05, 4.69) is 42.7 Å². The summed E-state index contributed by atoms with van der Waals surface area (Å²) in [6, 6.07) is 2.02. The molecule has 0 unspecified atom stereocenters. The second kappa shape index (κ2) is 6.66. The van der Waals surface area contributed by atoms with Crippen LogP contribution in [-0.2, 0) is 6.54 Å². The predicted octanol–water partition coefficient (Wildman–Crippen LogP) is 1.93. The number of aromatic amines is 1. The van der Waals surface area contributed by atoms with Crippen molar-refractivity contribution in [3.63, 3.8) is 0 Å². The van der Waals surface area contributed by atoms with Crippen LogP contribution in [0.25, 0.3) is 15.9 Å². The van der Waals surface area contributed by atoms with Crippen LogP contribution in [0.15, 0.2) is 37.2 Å². The van der Waals surface area contributed by atoms with Crippen LogP contribution >= 0.6 is 11.8 Å². The molecule has 124 valence electrons. The van der Waals surface area contributed by atoms with Gasteiger partial charge < -0.3 is 15.2 Å². The fourth-order valence-electron chi connectivity index (χ4n) is 2.75. The Kier molecular flexibility index (Phi) is 4.22. The molecule has 0 spiro atoms. The van der Waals surface area contributed by atoms with E-state index >= 15 is 0 Å². The third kappa shape index (κ3) is 2.90. The number of hydrogen-bond acceptors (Lipinski definition) is 6. The molecule has 4 heterocycles. The molecule has 0 atom stereocenters. The van der Waals surface area contributed by atoms with Gasteiger partial charge in [-0.2, -0.15) is 5.10 Å². The van der Waals surface area contributed by atoms with E-state index in [-0.39, 0.29) is 0 Å². The second-order valence-corrected chi connectivity index (χ2v) is 6.70. The number of likely N-dealkylation sites (N-methyl/N-ethyl adjacent to an activating group) is 1. The van der Waals surface area contributed by atoms with Crippen LogP contribution in [0.4, 0.5) is 5.82 Å². The Morgan fingerprint density at radius 3 is 3.25 bits per heavy atom. The normalized spacial score (nSPS) is 15.0. The average Bonchev–Trinajstić information content (AvgIpc) is 3.29. The Hall–Kier alpha value is -2.32. The van der Waals surface area contributed by atoms with Crippen LogP contribution in [0.3, 0.4) is 0 Å². The van der Waals surface area contributed by atoms with Gasteiger partial charge >= 0.3 is 0 Å². The highest BCUT2D eigenvalue weighted by Crippen LogP contribution is 2.34. The Balaban J connectivity index is 1.63. The third-order valence-electron chi connectivity index (χ3n) is 3.98. The largest absolute Gasteiger partial charge is 0.346 e. The van der Waals surface area contributed by atoms with Gasteiger partial charge in [0.15, 0.2) is 0 Å². The summed E-state index contributed by atoms with van der Waals surface area (Å²) in [6.07, 6.45) is 9.72. The molecule has 0 saturated carbocycles. The number of H-pyrrole nitrogens is 1. The molecule has 0 aliphatic carbocycles. The zero-order chi connectivity index (χ0) is 16.4. The number of nitrogens with one attached hydrogen (secondary N) is 2. The molecule has 0 fully saturated rings. The molecule has 8 heteroatoms. The molecule has 24 heavy (non-hydrogen) atoms. The van der Waals surface area contributed by atoms with Crippen molar-refractivity contribution in [2.75, 3.05) is 30.8 Å². The van der Waals surface area contributed by atoms with Crippen molar-refractivity contribution in [3.05, 3.63) is 42.7 Å². The molecule has 0 saturated heterocycles. The van der Waals surface area contributed by atoms with Gasteiger partial charge in [0, 0.05) is 47.9 Å². The Morgan fingerprint density at radius 1 is 1.38 bits per heavy atom. The molecule has 1 aliphatic rings. The minimum absolute atomic E-state index is 0.869. The number of nitrogens with zero attached hydrogens (tertiary/aromatic N) is 5. The summed E-state index contributed by atoms with van der Waals surface area (Å²) in [6.45, 7) is 2.71. The number of anilines is 1. The van der Waals surface area contributed by atoms with Gasteiger partial charge in [0.25, 0.3) is 0 Å². The highest BCUT2D eigenvalue weighted by molar-refractivity contribution is 8.08. The Morgan fingerprint density at radius 2 is 2.33 bits per heavy atom. The lowest BCUT2D eigenvalue weighted by Crippen LogP contribution is -2.24. The summed E-state index contributed by atoms with van der Waals surface area (Å²) in [5.74, 6) is 1.96. The van der Waals surface area contributed by atoms with E-state index in [1.54, 1.807) is 6.33 Å². The molecule has 0 radical (unpaired) electrons. The quantitative estimate of drug-likeness (QED) is 0.739. The van der Waals surface area contributed by atoms with Gasteiger partial charge in [0.05, 0.1) is 18.1 Å². The lowest BCUT2D eigenvalue weighted by molar-refractivity contribution is 0.585.